The van der Waals surface area contributed by atoms with Crippen LogP contribution in [0, 0.1) is 0 Å². The number of benzene rings is 2. The molecule has 0 saturated carbocycles. The number of amides is 1. The first-order valence-electron chi connectivity index (χ1n) is 7.84. The molecule has 26 heavy (non-hydrogen) atoms. The van der Waals surface area contributed by atoms with E-state index in [0.717, 1.165) is 5.39 Å². The van der Waals surface area contributed by atoms with Crippen LogP contribution in [-0.4, -0.2) is 29.3 Å². The van der Waals surface area contributed by atoms with E-state index in [1.165, 1.54) is 13.1 Å². The van der Waals surface area contributed by atoms with Crippen molar-refractivity contribution in [3.63, 3.8) is 0 Å². The molecule has 1 heterocycles. The summed E-state index contributed by atoms with van der Waals surface area (Å²) < 4.78 is 10.7. The van der Waals surface area contributed by atoms with Crippen molar-refractivity contribution in [2.45, 2.75) is 13.0 Å². The van der Waals surface area contributed by atoms with Crippen LogP contribution in [0.2, 0.25) is 0 Å². The highest BCUT2D eigenvalue weighted by Crippen LogP contribution is 2.18. The summed E-state index contributed by atoms with van der Waals surface area (Å²) in [5, 5.41) is 13.5. The number of fused-ring (bicyclic) bond motifs is 1. The molecular formula is C19H16N2O5. The van der Waals surface area contributed by atoms with Gasteiger partial charge in [0.1, 0.15) is 11.3 Å². The molecule has 0 bridgehead atoms. The molecule has 1 aromatic heterocycles. The van der Waals surface area contributed by atoms with Gasteiger partial charge in [-0.25, -0.2) is 10.2 Å². The van der Waals surface area contributed by atoms with Crippen molar-refractivity contribution < 1.29 is 23.8 Å². The molecule has 0 spiro atoms. The number of carboxylic acid groups (broad SMARTS) is 1. The number of para-hydroxylation sites is 1. The number of nitrogens with zero attached hydrogens (tertiary/aromatic N) is 1. The summed E-state index contributed by atoms with van der Waals surface area (Å²) in [6.07, 6.45) is 0.530. The number of hydrogen-bond acceptors (Lipinski definition) is 5. The Kier molecular flexibility index (Phi) is 4.98. The standard InChI is InChI=1S/C19H16N2O5/c1-12(19(23)24)25-15-8-6-13(7-9-15)11-20-21-18(22)17-10-14-4-2-3-5-16(14)26-17/h2-12H,1H3,(H,21,22)(H,23,24). The predicted octanol–water partition coefficient (Wildman–Crippen LogP) is 3.05. The van der Waals surface area contributed by atoms with Gasteiger partial charge in [-0.1, -0.05) is 18.2 Å². The topological polar surface area (TPSA) is 101 Å². The zero-order chi connectivity index (χ0) is 18.5. The van der Waals surface area contributed by atoms with Crippen LogP contribution in [-0.2, 0) is 4.79 Å². The molecule has 0 radical (unpaired) electrons. The molecule has 2 N–H and O–H groups in total. The average Bonchev–Trinajstić information content (AvgIpc) is 3.07. The lowest BCUT2D eigenvalue weighted by Gasteiger charge is -2.09. The van der Waals surface area contributed by atoms with Gasteiger partial charge < -0.3 is 14.3 Å². The molecule has 3 aromatic rings. The first kappa shape index (κ1) is 17.2. The number of aliphatic carboxylic acids is 1. The van der Waals surface area contributed by atoms with Crippen LogP contribution < -0.4 is 10.2 Å². The lowest BCUT2D eigenvalue weighted by Crippen LogP contribution is -2.22. The Morgan fingerprint density at radius 3 is 2.62 bits per heavy atom. The van der Waals surface area contributed by atoms with E-state index in [0.29, 0.717) is 16.9 Å². The zero-order valence-electron chi connectivity index (χ0n) is 13.9. The Balaban J connectivity index is 1.59. The Morgan fingerprint density at radius 2 is 1.92 bits per heavy atom. The maximum Gasteiger partial charge on any atom is 0.344 e. The summed E-state index contributed by atoms with van der Waals surface area (Å²) in [6, 6.07) is 15.6. The zero-order valence-corrected chi connectivity index (χ0v) is 13.9. The second-order valence-electron chi connectivity index (χ2n) is 5.51. The quantitative estimate of drug-likeness (QED) is 0.524. The molecule has 0 saturated heterocycles. The maximum absolute atomic E-state index is 12.0. The number of carbonyl (C=O) groups is 2. The van der Waals surface area contributed by atoms with Gasteiger partial charge in [-0.05, 0) is 48.9 Å². The number of rotatable bonds is 6. The maximum atomic E-state index is 12.0. The van der Waals surface area contributed by atoms with Gasteiger partial charge in [0.25, 0.3) is 0 Å². The molecule has 1 unspecified atom stereocenters. The van der Waals surface area contributed by atoms with E-state index in [9.17, 15) is 9.59 Å². The van der Waals surface area contributed by atoms with Crippen molar-refractivity contribution in [1.82, 2.24) is 5.43 Å². The van der Waals surface area contributed by atoms with Crippen LogP contribution in [0.15, 0.2) is 64.1 Å². The summed E-state index contributed by atoms with van der Waals surface area (Å²) in [6.45, 7) is 1.45. The summed E-state index contributed by atoms with van der Waals surface area (Å²) in [5.41, 5.74) is 3.74. The molecule has 2 aromatic carbocycles. The minimum Gasteiger partial charge on any atom is -0.479 e. The van der Waals surface area contributed by atoms with Crippen LogP contribution in [0.5, 0.6) is 5.75 Å². The van der Waals surface area contributed by atoms with Crippen molar-refractivity contribution in [3.05, 3.63) is 65.9 Å². The van der Waals surface area contributed by atoms with E-state index in [1.54, 1.807) is 36.4 Å². The van der Waals surface area contributed by atoms with Crippen LogP contribution in [0.3, 0.4) is 0 Å². The first-order chi connectivity index (χ1) is 12.5. The van der Waals surface area contributed by atoms with E-state index < -0.39 is 18.0 Å². The van der Waals surface area contributed by atoms with Gasteiger partial charge in [-0.3, -0.25) is 4.79 Å². The molecular weight excluding hydrogens is 336 g/mol. The monoisotopic (exact) mass is 352 g/mol. The van der Waals surface area contributed by atoms with Gasteiger partial charge in [0.2, 0.25) is 0 Å². The molecule has 3 rings (SSSR count). The third kappa shape index (κ3) is 4.07. The number of carboxylic acids is 1. The van der Waals surface area contributed by atoms with Gasteiger partial charge in [0.05, 0.1) is 6.21 Å². The minimum atomic E-state index is -1.04. The average molecular weight is 352 g/mol. The van der Waals surface area contributed by atoms with E-state index in [2.05, 4.69) is 10.5 Å². The Morgan fingerprint density at radius 1 is 1.19 bits per heavy atom. The van der Waals surface area contributed by atoms with Crippen molar-refractivity contribution in [1.29, 1.82) is 0 Å². The molecule has 0 fully saturated rings. The highest BCUT2D eigenvalue weighted by molar-refractivity contribution is 5.96. The van der Waals surface area contributed by atoms with Crippen molar-refractivity contribution >= 4 is 29.1 Å². The van der Waals surface area contributed by atoms with E-state index in [4.69, 9.17) is 14.3 Å². The molecule has 0 aliphatic rings. The lowest BCUT2D eigenvalue weighted by molar-refractivity contribution is -0.144. The van der Waals surface area contributed by atoms with Crippen molar-refractivity contribution in [2.24, 2.45) is 5.10 Å². The SMILES string of the molecule is CC(Oc1ccc(C=NNC(=O)c2cc3ccccc3o2)cc1)C(=O)O. The highest BCUT2D eigenvalue weighted by atomic mass is 16.5. The van der Waals surface area contributed by atoms with Crippen LogP contribution in [0.1, 0.15) is 23.0 Å². The van der Waals surface area contributed by atoms with Gasteiger partial charge >= 0.3 is 11.9 Å². The highest BCUT2D eigenvalue weighted by Gasteiger charge is 2.12. The Bertz CT molecular complexity index is 926. The van der Waals surface area contributed by atoms with Gasteiger partial charge in [0.15, 0.2) is 11.9 Å². The number of furan rings is 1. The van der Waals surface area contributed by atoms with E-state index in [-0.39, 0.29) is 5.76 Å². The summed E-state index contributed by atoms with van der Waals surface area (Å²) in [4.78, 5) is 22.8. The summed E-state index contributed by atoms with van der Waals surface area (Å²) in [7, 11) is 0. The molecule has 0 aliphatic heterocycles. The van der Waals surface area contributed by atoms with Gasteiger partial charge in [-0.2, -0.15) is 5.10 Å². The van der Waals surface area contributed by atoms with Crippen molar-refractivity contribution in [2.75, 3.05) is 0 Å². The number of hydrazone groups is 1. The Hall–Kier alpha value is -3.61. The predicted molar refractivity (Wildman–Crippen MR) is 95.4 cm³/mol. The van der Waals surface area contributed by atoms with E-state index >= 15 is 0 Å². The smallest absolute Gasteiger partial charge is 0.344 e. The molecule has 7 heteroatoms. The summed E-state index contributed by atoms with van der Waals surface area (Å²) in [5.74, 6) is -0.880. The molecule has 0 aliphatic carbocycles. The molecule has 1 amide bonds. The fourth-order valence-electron chi connectivity index (χ4n) is 2.20. The lowest BCUT2D eigenvalue weighted by atomic mass is 10.2. The van der Waals surface area contributed by atoms with Gasteiger partial charge in [0, 0.05) is 5.39 Å². The number of hydrogen-bond donors (Lipinski definition) is 2. The summed E-state index contributed by atoms with van der Waals surface area (Å²) >= 11 is 0. The first-order valence-corrected chi connectivity index (χ1v) is 7.84. The second-order valence-corrected chi connectivity index (χ2v) is 5.51. The molecule has 1 atom stereocenters. The third-order valence-corrected chi connectivity index (χ3v) is 3.57. The van der Waals surface area contributed by atoms with Gasteiger partial charge in [-0.15, -0.1) is 0 Å². The fraction of sp³-hybridized carbons (Fsp3) is 0.105. The van der Waals surface area contributed by atoms with Crippen LogP contribution in [0.4, 0.5) is 0 Å². The van der Waals surface area contributed by atoms with Crippen LogP contribution in [0.25, 0.3) is 11.0 Å². The Labute approximate surface area is 148 Å². The van der Waals surface area contributed by atoms with Crippen molar-refractivity contribution in [3.8, 4) is 5.75 Å². The van der Waals surface area contributed by atoms with E-state index in [1.807, 2.05) is 18.2 Å². The third-order valence-electron chi connectivity index (χ3n) is 3.57. The molecule has 132 valence electrons. The number of carbonyl (C=O) groups excluding carboxylic acids is 1. The van der Waals surface area contributed by atoms with Crippen LogP contribution >= 0.6 is 0 Å². The molecule has 7 nitrogen and oxygen atoms in total. The second kappa shape index (κ2) is 7.52. The number of nitrogens with one attached hydrogen (secondary N) is 1. The largest absolute Gasteiger partial charge is 0.479 e. The number of ether oxygens (including phenoxy) is 1. The normalized spacial score (nSPS) is 12.2. The fourth-order valence-corrected chi connectivity index (χ4v) is 2.20. The minimum absolute atomic E-state index is 0.176.